The summed E-state index contributed by atoms with van der Waals surface area (Å²) in [6.07, 6.45) is 0. The molecule has 0 unspecified atom stereocenters. The molecule has 0 saturated heterocycles. The van der Waals surface area contributed by atoms with Gasteiger partial charge in [-0.1, -0.05) is 29.8 Å². The van der Waals surface area contributed by atoms with Crippen LogP contribution in [0.5, 0.6) is 5.75 Å². The van der Waals surface area contributed by atoms with Gasteiger partial charge in [-0.15, -0.1) is 0 Å². The number of amides is 1. The first-order valence-corrected chi connectivity index (χ1v) is 8.67. The predicted octanol–water partition coefficient (Wildman–Crippen LogP) is 4.75. The highest BCUT2D eigenvalue weighted by atomic mass is 35.5. The first-order valence-electron chi connectivity index (χ1n) is 8.29. The number of hydrogen-bond acceptors (Lipinski definition) is 5. The lowest BCUT2D eigenvalue weighted by atomic mass is 10.2. The smallest absolute Gasteiger partial charge is 0.274 e. The van der Waals surface area contributed by atoms with E-state index in [-0.39, 0.29) is 11.6 Å². The van der Waals surface area contributed by atoms with Crippen molar-refractivity contribution in [3.8, 4) is 5.75 Å². The molecule has 27 heavy (non-hydrogen) atoms. The van der Waals surface area contributed by atoms with Crippen LogP contribution in [0.15, 0.2) is 48.5 Å². The van der Waals surface area contributed by atoms with Crippen molar-refractivity contribution in [3.63, 3.8) is 0 Å². The molecule has 0 radical (unpaired) electrons. The van der Waals surface area contributed by atoms with Gasteiger partial charge in [-0.2, -0.15) is 0 Å². The topological polar surface area (TPSA) is 76.1 Å². The van der Waals surface area contributed by atoms with Gasteiger partial charge in [-0.05, 0) is 43.7 Å². The van der Waals surface area contributed by atoms with E-state index >= 15 is 0 Å². The van der Waals surface area contributed by atoms with Crippen molar-refractivity contribution in [1.29, 1.82) is 0 Å². The first kappa shape index (κ1) is 18.7. The van der Waals surface area contributed by atoms with Crippen molar-refractivity contribution in [1.82, 2.24) is 9.97 Å². The van der Waals surface area contributed by atoms with E-state index < -0.39 is 0 Å². The Hall–Kier alpha value is -3.12. The molecule has 0 bridgehead atoms. The van der Waals surface area contributed by atoms with Crippen LogP contribution in [-0.4, -0.2) is 23.0 Å². The van der Waals surface area contributed by atoms with Gasteiger partial charge >= 0.3 is 0 Å². The second-order valence-electron chi connectivity index (χ2n) is 5.95. The normalized spacial score (nSPS) is 10.4. The Morgan fingerprint density at radius 2 is 1.81 bits per heavy atom. The molecule has 0 aliphatic heterocycles. The zero-order chi connectivity index (χ0) is 19.4. The van der Waals surface area contributed by atoms with Crippen LogP contribution in [0.3, 0.4) is 0 Å². The second kappa shape index (κ2) is 8.05. The van der Waals surface area contributed by atoms with Gasteiger partial charge in [0.25, 0.3) is 5.91 Å². The number of aromatic nitrogens is 2. The number of ether oxygens (including phenoxy) is 1. The highest BCUT2D eigenvalue weighted by Crippen LogP contribution is 2.28. The standard InChI is InChI=1S/C20H19ClN4O2/c1-12-8-9-18(27-3)16(10-12)24-19-11-17(22-13(2)23-19)20(26)25-15-7-5-4-6-14(15)21/h4-11H,1-3H3,(H,25,26)(H,22,23,24). The summed E-state index contributed by atoms with van der Waals surface area (Å²) in [4.78, 5) is 21.2. The third-order valence-corrected chi connectivity index (χ3v) is 4.14. The Balaban J connectivity index is 1.87. The summed E-state index contributed by atoms with van der Waals surface area (Å²) in [5.74, 6) is 1.28. The zero-order valence-electron chi connectivity index (χ0n) is 15.2. The maximum Gasteiger partial charge on any atom is 0.274 e. The lowest BCUT2D eigenvalue weighted by Gasteiger charge is -2.13. The van der Waals surface area contributed by atoms with Gasteiger partial charge in [0.2, 0.25) is 0 Å². The molecule has 1 aromatic heterocycles. The molecule has 1 heterocycles. The number of carbonyl (C=O) groups excluding carboxylic acids is 1. The number of methoxy groups -OCH3 is 1. The van der Waals surface area contributed by atoms with E-state index in [4.69, 9.17) is 16.3 Å². The molecule has 2 N–H and O–H groups in total. The summed E-state index contributed by atoms with van der Waals surface area (Å²) in [6.45, 7) is 3.71. The Morgan fingerprint density at radius 3 is 2.56 bits per heavy atom. The van der Waals surface area contributed by atoms with Crippen LogP contribution < -0.4 is 15.4 Å². The second-order valence-corrected chi connectivity index (χ2v) is 6.36. The highest BCUT2D eigenvalue weighted by Gasteiger charge is 2.13. The lowest BCUT2D eigenvalue weighted by Crippen LogP contribution is -2.15. The number of anilines is 3. The van der Waals surface area contributed by atoms with E-state index in [0.29, 0.717) is 28.1 Å². The van der Waals surface area contributed by atoms with Crippen molar-refractivity contribution >= 4 is 34.7 Å². The maximum atomic E-state index is 12.6. The van der Waals surface area contributed by atoms with Crippen LogP contribution >= 0.6 is 11.6 Å². The van der Waals surface area contributed by atoms with Gasteiger partial charge in [0.1, 0.15) is 23.1 Å². The van der Waals surface area contributed by atoms with E-state index in [0.717, 1.165) is 11.3 Å². The van der Waals surface area contributed by atoms with Gasteiger partial charge in [0, 0.05) is 6.07 Å². The van der Waals surface area contributed by atoms with Gasteiger partial charge in [0.15, 0.2) is 0 Å². The van der Waals surface area contributed by atoms with Crippen LogP contribution in [0.25, 0.3) is 0 Å². The Kier molecular flexibility index (Phi) is 5.57. The van der Waals surface area contributed by atoms with E-state index in [1.807, 2.05) is 25.1 Å². The Labute approximate surface area is 162 Å². The molecule has 0 spiro atoms. The molecule has 3 aromatic rings. The van der Waals surface area contributed by atoms with E-state index in [1.54, 1.807) is 44.4 Å². The van der Waals surface area contributed by atoms with E-state index in [9.17, 15) is 4.79 Å². The number of hydrogen-bond donors (Lipinski definition) is 2. The lowest BCUT2D eigenvalue weighted by molar-refractivity contribution is 0.102. The van der Waals surface area contributed by atoms with Crippen molar-refractivity contribution < 1.29 is 9.53 Å². The number of carbonyl (C=O) groups is 1. The molecule has 0 saturated carbocycles. The first-order chi connectivity index (χ1) is 13.0. The minimum atomic E-state index is -0.368. The van der Waals surface area contributed by atoms with E-state index in [2.05, 4.69) is 20.6 Å². The van der Waals surface area contributed by atoms with Gasteiger partial charge in [-0.25, -0.2) is 9.97 Å². The molecular weight excluding hydrogens is 364 g/mol. The van der Waals surface area contributed by atoms with Crippen molar-refractivity contribution in [3.05, 3.63) is 70.6 Å². The molecular formula is C20H19ClN4O2. The number of rotatable bonds is 5. The minimum Gasteiger partial charge on any atom is -0.495 e. The van der Waals surface area contributed by atoms with Gasteiger partial charge < -0.3 is 15.4 Å². The van der Waals surface area contributed by atoms with Crippen LogP contribution in [0, 0.1) is 13.8 Å². The van der Waals surface area contributed by atoms with Crippen LogP contribution in [0.1, 0.15) is 21.9 Å². The summed E-state index contributed by atoms with van der Waals surface area (Å²) in [5.41, 5.74) is 2.58. The molecule has 3 rings (SSSR count). The number of nitrogens with zero attached hydrogens (tertiary/aromatic N) is 2. The molecule has 0 fully saturated rings. The van der Waals surface area contributed by atoms with Crippen molar-refractivity contribution in [2.45, 2.75) is 13.8 Å². The Bertz CT molecular complexity index is 991. The average molecular weight is 383 g/mol. The summed E-state index contributed by atoms with van der Waals surface area (Å²) in [6, 6.07) is 14.4. The molecule has 7 heteroatoms. The fourth-order valence-electron chi connectivity index (χ4n) is 2.55. The fourth-order valence-corrected chi connectivity index (χ4v) is 2.74. The van der Waals surface area contributed by atoms with Crippen LogP contribution in [-0.2, 0) is 0 Å². The number of halogens is 1. The molecule has 6 nitrogen and oxygen atoms in total. The van der Waals surface area contributed by atoms with Gasteiger partial charge in [0.05, 0.1) is 23.5 Å². The van der Waals surface area contributed by atoms with Crippen LogP contribution in [0.4, 0.5) is 17.2 Å². The molecule has 2 aromatic carbocycles. The molecule has 138 valence electrons. The molecule has 0 atom stereocenters. The largest absolute Gasteiger partial charge is 0.495 e. The van der Waals surface area contributed by atoms with Crippen molar-refractivity contribution in [2.75, 3.05) is 17.7 Å². The van der Waals surface area contributed by atoms with E-state index in [1.165, 1.54) is 0 Å². The monoisotopic (exact) mass is 382 g/mol. The highest BCUT2D eigenvalue weighted by molar-refractivity contribution is 6.33. The third-order valence-electron chi connectivity index (χ3n) is 3.81. The number of para-hydroxylation sites is 1. The van der Waals surface area contributed by atoms with Crippen LogP contribution in [0.2, 0.25) is 5.02 Å². The number of nitrogens with one attached hydrogen (secondary N) is 2. The summed E-state index contributed by atoms with van der Waals surface area (Å²) in [7, 11) is 1.60. The molecule has 0 aliphatic carbocycles. The molecule has 1 amide bonds. The quantitative estimate of drug-likeness (QED) is 0.665. The third kappa shape index (κ3) is 4.54. The molecule has 0 aliphatic rings. The summed E-state index contributed by atoms with van der Waals surface area (Å²) < 4.78 is 5.37. The maximum absolute atomic E-state index is 12.6. The zero-order valence-corrected chi connectivity index (χ0v) is 16.0. The summed E-state index contributed by atoms with van der Waals surface area (Å²) in [5, 5.41) is 6.41. The van der Waals surface area contributed by atoms with Crippen molar-refractivity contribution in [2.24, 2.45) is 0 Å². The average Bonchev–Trinajstić information content (AvgIpc) is 2.63. The minimum absolute atomic E-state index is 0.233. The SMILES string of the molecule is COc1ccc(C)cc1Nc1cc(C(=O)Nc2ccccc2Cl)nc(C)n1. The number of benzene rings is 2. The Morgan fingerprint density at radius 1 is 1.04 bits per heavy atom. The predicted molar refractivity (Wildman–Crippen MR) is 107 cm³/mol. The fraction of sp³-hybridized carbons (Fsp3) is 0.150. The summed E-state index contributed by atoms with van der Waals surface area (Å²) >= 11 is 6.10. The number of aryl methyl sites for hydroxylation is 2. The van der Waals surface area contributed by atoms with Gasteiger partial charge in [-0.3, -0.25) is 4.79 Å².